The van der Waals surface area contributed by atoms with E-state index in [-0.39, 0.29) is 12.2 Å². The molecule has 0 saturated carbocycles. The summed E-state index contributed by atoms with van der Waals surface area (Å²) >= 11 is 0. The summed E-state index contributed by atoms with van der Waals surface area (Å²) in [4.78, 5) is 21.7. The van der Waals surface area contributed by atoms with Crippen LogP contribution in [0, 0.1) is 0 Å². The van der Waals surface area contributed by atoms with Crippen LogP contribution in [-0.2, 0) is 24.0 Å². The Morgan fingerprint density at radius 1 is 0.792 bits per heavy atom. The van der Waals surface area contributed by atoms with Crippen LogP contribution in [0.4, 0.5) is 39.5 Å². The van der Waals surface area contributed by atoms with E-state index in [1.807, 2.05) is 0 Å². The second-order valence-corrected chi connectivity index (χ2v) is 5.57. The van der Waals surface area contributed by atoms with Gasteiger partial charge in [-0.2, -0.15) is 47.9 Å². The maximum Gasteiger partial charge on any atom is 0.460 e. The third-order valence-corrected chi connectivity index (χ3v) is 3.60. The second kappa shape index (κ2) is 5.33. The highest BCUT2D eigenvalue weighted by Crippen LogP contribution is 2.55. The predicted molar refractivity (Wildman–Crippen MR) is 51.9 cm³/mol. The summed E-state index contributed by atoms with van der Waals surface area (Å²) in [5.74, 6) is -18.6. The summed E-state index contributed by atoms with van der Waals surface area (Å²) in [5, 5.41) is -8.22. The fraction of sp³-hybridized carbons (Fsp3) is 0.500. The molecule has 6 nitrogen and oxygen atoms in total. The lowest BCUT2D eigenvalue weighted by Gasteiger charge is -2.32. The number of hydrogen-bond acceptors (Lipinski definition) is 5. The quantitative estimate of drug-likeness (QED) is 0.522. The molecule has 138 valence electrons. The lowest BCUT2D eigenvalue weighted by atomic mass is 10.1. The van der Waals surface area contributed by atoms with Crippen molar-refractivity contribution in [3.8, 4) is 0 Å². The third-order valence-electron chi connectivity index (χ3n) is 2.37. The predicted octanol–water partition coefficient (Wildman–Crippen LogP) is 1.60. The number of alkyl halides is 9. The molecule has 0 aliphatic carbocycles. The molecule has 1 rings (SSSR count). The molecule has 0 fully saturated rings. The molecular formula is C8H2F9NO5S. The van der Waals surface area contributed by atoms with Crippen LogP contribution in [0.5, 0.6) is 0 Å². The van der Waals surface area contributed by atoms with Crippen molar-refractivity contribution in [3.63, 3.8) is 0 Å². The first-order valence-electron chi connectivity index (χ1n) is 5.10. The molecule has 16 heteroatoms. The second-order valence-electron chi connectivity index (χ2n) is 4.00. The van der Waals surface area contributed by atoms with Crippen LogP contribution in [0.15, 0.2) is 12.2 Å². The minimum atomic E-state index is -7.53. The van der Waals surface area contributed by atoms with Gasteiger partial charge in [-0.05, 0) is 0 Å². The van der Waals surface area contributed by atoms with Crippen molar-refractivity contribution in [2.24, 2.45) is 0 Å². The third kappa shape index (κ3) is 2.72. The summed E-state index contributed by atoms with van der Waals surface area (Å²) in [6.45, 7) is 0. The normalized spacial score (nSPS) is 17.8. The van der Waals surface area contributed by atoms with E-state index in [1.54, 1.807) is 0 Å². The monoisotopic (exact) mass is 395 g/mol. The van der Waals surface area contributed by atoms with E-state index in [9.17, 15) is 57.5 Å². The van der Waals surface area contributed by atoms with Crippen LogP contribution < -0.4 is 0 Å². The highest BCUT2D eigenvalue weighted by molar-refractivity contribution is 7.87. The van der Waals surface area contributed by atoms with Crippen molar-refractivity contribution in [2.45, 2.75) is 23.3 Å². The fourth-order valence-corrected chi connectivity index (χ4v) is 2.00. The number of rotatable bonds is 5. The lowest BCUT2D eigenvalue weighted by molar-refractivity contribution is -0.383. The molecule has 0 N–H and O–H groups in total. The van der Waals surface area contributed by atoms with Gasteiger partial charge in [-0.25, -0.2) is 0 Å². The van der Waals surface area contributed by atoms with E-state index >= 15 is 0 Å². The van der Waals surface area contributed by atoms with E-state index in [1.165, 1.54) is 0 Å². The van der Waals surface area contributed by atoms with E-state index in [4.69, 9.17) is 0 Å². The number of halogens is 9. The van der Waals surface area contributed by atoms with Crippen molar-refractivity contribution in [1.82, 2.24) is 5.06 Å². The Morgan fingerprint density at radius 3 is 1.50 bits per heavy atom. The van der Waals surface area contributed by atoms with Crippen molar-refractivity contribution in [2.75, 3.05) is 0 Å². The molecule has 0 bridgehead atoms. The molecule has 0 aromatic heterocycles. The maximum absolute atomic E-state index is 13.2. The number of carbonyl (C=O) groups excluding carboxylic acids is 2. The largest absolute Gasteiger partial charge is 0.460 e. The van der Waals surface area contributed by atoms with E-state index < -0.39 is 50.3 Å². The Balaban J connectivity index is 3.31. The summed E-state index contributed by atoms with van der Waals surface area (Å²) in [7, 11) is -7.33. The number of hydrogen-bond donors (Lipinski definition) is 0. The van der Waals surface area contributed by atoms with Gasteiger partial charge in [-0.3, -0.25) is 9.59 Å². The molecule has 2 amide bonds. The number of imide groups is 1. The van der Waals surface area contributed by atoms with Crippen LogP contribution in [0.1, 0.15) is 0 Å². The van der Waals surface area contributed by atoms with E-state index in [0.29, 0.717) is 0 Å². The molecule has 0 radical (unpaired) electrons. The maximum atomic E-state index is 13.2. The zero-order valence-corrected chi connectivity index (χ0v) is 11.3. The Bertz CT molecular complexity index is 677. The Labute approximate surface area is 125 Å². The SMILES string of the molecule is O=C1C=CC(=O)N1OS(=O)(=O)C(F)(F)C(F)(F)C(F)(F)C(F)(F)F. The van der Waals surface area contributed by atoms with Gasteiger partial charge in [0.05, 0.1) is 0 Å². The Kier molecular flexibility index (Phi) is 4.49. The van der Waals surface area contributed by atoms with Crippen molar-refractivity contribution in [1.29, 1.82) is 0 Å². The zero-order chi connectivity index (χ0) is 19.4. The van der Waals surface area contributed by atoms with Crippen LogP contribution >= 0.6 is 0 Å². The summed E-state index contributed by atoms with van der Waals surface area (Å²) < 4.78 is 138. The van der Waals surface area contributed by atoms with Crippen molar-refractivity contribution in [3.05, 3.63) is 12.2 Å². The molecule has 0 atom stereocenters. The average Bonchev–Trinajstić information content (AvgIpc) is 2.68. The summed E-state index contributed by atoms with van der Waals surface area (Å²) in [5.41, 5.74) is 0. The van der Waals surface area contributed by atoms with Crippen LogP contribution in [-0.4, -0.2) is 48.6 Å². The summed E-state index contributed by atoms with van der Waals surface area (Å²) in [6, 6.07) is 0. The van der Waals surface area contributed by atoms with Crippen LogP contribution in [0.25, 0.3) is 0 Å². The van der Waals surface area contributed by atoms with E-state index in [2.05, 4.69) is 4.28 Å². The minimum Gasteiger partial charge on any atom is -0.267 e. The van der Waals surface area contributed by atoms with Gasteiger partial charge in [0.2, 0.25) is 0 Å². The molecular weight excluding hydrogens is 393 g/mol. The van der Waals surface area contributed by atoms with Crippen molar-refractivity contribution < 1.29 is 61.8 Å². The van der Waals surface area contributed by atoms with Gasteiger partial charge >= 0.3 is 33.4 Å². The molecule has 0 saturated heterocycles. The number of carbonyl (C=O) groups is 2. The Hall–Kier alpha value is -1.84. The number of amides is 2. The Morgan fingerprint density at radius 2 is 1.17 bits per heavy atom. The first-order valence-corrected chi connectivity index (χ1v) is 6.51. The van der Waals surface area contributed by atoms with Gasteiger partial charge in [-0.15, -0.1) is 9.35 Å². The molecule has 24 heavy (non-hydrogen) atoms. The van der Waals surface area contributed by atoms with Crippen LogP contribution in [0.2, 0.25) is 0 Å². The average molecular weight is 395 g/mol. The molecule has 0 aromatic carbocycles. The lowest BCUT2D eigenvalue weighted by Crippen LogP contribution is -2.64. The molecule has 0 spiro atoms. The van der Waals surface area contributed by atoms with Gasteiger partial charge in [0.25, 0.3) is 11.8 Å². The zero-order valence-electron chi connectivity index (χ0n) is 10.5. The van der Waals surface area contributed by atoms with Gasteiger partial charge in [0.1, 0.15) is 0 Å². The van der Waals surface area contributed by atoms with Gasteiger partial charge in [-0.1, -0.05) is 0 Å². The molecule has 0 aromatic rings. The summed E-state index contributed by atoms with van der Waals surface area (Å²) in [6.07, 6.45) is -6.81. The molecule has 0 unspecified atom stereocenters. The van der Waals surface area contributed by atoms with Crippen molar-refractivity contribution >= 4 is 21.9 Å². The standard InChI is InChI=1S/C8H2F9NO5S/c9-5(10,7(13,14)15)6(11,12)8(16,17)24(21,22)23-18-3(19)1-2-4(18)20/h1-2H. The molecule has 1 heterocycles. The highest BCUT2D eigenvalue weighted by Gasteiger charge is 2.86. The van der Waals surface area contributed by atoms with Gasteiger partial charge in [0.15, 0.2) is 0 Å². The number of hydroxylamine groups is 2. The van der Waals surface area contributed by atoms with Crippen LogP contribution in [0.3, 0.4) is 0 Å². The topological polar surface area (TPSA) is 80.8 Å². The highest BCUT2D eigenvalue weighted by atomic mass is 32.2. The first-order chi connectivity index (χ1) is 10.4. The van der Waals surface area contributed by atoms with E-state index in [0.717, 1.165) is 0 Å². The number of nitrogens with zero attached hydrogens (tertiary/aromatic N) is 1. The fourth-order valence-electron chi connectivity index (χ4n) is 1.12. The first kappa shape index (κ1) is 20.2. The minimum absolute atomic E-state index is 0.221. The van der Waals surface area contributed by atoms with Gasteiger partial charge < -0.3 is 0 Å². The smallest absolute Gasteiger partial charge is 0.267 e. The van der Waals surface area contributed by atoms with Gasteiger partial charge in [0, 0.05) is 12.2 Å². The molecule has 1 aliphatic rings. The molecule has 1 aliphatic heterocycles.